The Morgan fingerprint density at radius 3 is 2.14 bits per heavy atom. The summed E-state index contributed by atoms with van der Waals surface area (Å²) in [7, 11) is 0. The molecule has 1 aromatic carbocycles. The summed E-state index contributed by atoms with van der Waals surface area (Å²) in [6.07, 6.45) is -6.91. The highest BCUT2D eigenvalue weighted by atomic mass is 16.7. The second kappa shape index (κ2) is 8.98. The summed E-state index contributed by atoms with van der Waals surface area (Å²) in [5.74, 6) is -8.49. The summed E-state index contributed by atoms with van der Waals surface area (Å²) in [4.78, 5) is 52.5. The summed E-state index contributed by atoms with van der Waals surface area (Å²) >= 11 is 0. The Bertz CT molecular complexity index is 1440. The first-order valence-electron chi connectivity index (χ1n) is 14.3. The molecule has 0 aromatic heterocycles. The molecule has 0 radical (unpaired) electrons. The van der Waals surface area contributed by atoms with E-state index < -0.39 is 93.4 Å². The molecule has 1 aromatic rings. The van der Waals surface area contributed by atoms with E-state index in [9.17, 15) is 39.6 Å². The number of carbonyl (C=O) groups excluding carboxylic acids is 4. The summed E-state index contributed by atoms with van der Waals surface area (Å²) in [6, 6.07) is 7.73. The van der Waals surface area contributed by atoms with Gasteiger partial charge in [0.2, 0.25) is 5.79 Å². The predicted molar refractivity (Wildman–Crippen MR) is 142 cm³/mol. The fraction of sp³-hybridized carbons (Fsp3) is 0.667. The molecule has 2 bridgehead atoms. The van der Waals surface area contributed by atoms with Gasteiger partial charge in [-0.2, -0.15) is 0 Å². The van der Waals surface area contributed by atoms with Gasteiger partial charge in [0.25, 0.3) is 0 Å². The van der Waals surface area contributed by atoms with Crippen molar-refractivity contribution in [2.45, 2.75) is 106 Å². The van der Waals surface area contributed by atoms with Crippen LogP contribution in [-0.2, 0) is 42.8 Å². The van der Waals surface area contributed by atoms with E-state index in [0.29, 0.717) is 0 Å². The lowest BCUT2D eigenvalue weighted by Gasteiger charge is -2.70. The molecule has 14 nitrogen and oxygen atoms in total. The maximum Gasteiger partial charge on any atom is 0.341 e. The molecular formula is C30H36O14. The molecule has 0 amide bonds. The summed E-state index contributed by atoms with van der Waals surface area (Å²) in [5.41, 5.74) is -14.5. The van der Waals surface area contributed by atoms with Crippen LogP contribution in [0.4, 0.5) is 0 Å². The van der Waals surface area contributed by atoms with Crippen molar-refractivity contribution in [3.8, 4) is 0 Å². The molecule has 14 heteroatoms. The molecule has 5 aliphatic rings. The molecule has 4 aliphatic heterocycles. The van der Waals surface area contributed by atoms with Gasteiger partial charge in [0.1, 0.15) is 17.8 Å². The molecule has 5 fully saturated rings. The number of hydrogen-bond donors (Lipinski definition) is 4. The quantitative estimate of drug-likeness (QED) is 0.248. The van der Waals surface area contributed by atoms with E-state index in [1.165, 1.54) is 32.9 Å². The zero-order valence-electron chi connectivity index (χ0n) is 25.1. The maximum absolute atomic E-state index is 13.9. The Hall–Kier alpha value is -3.14. The van der Waals surface area contributed by atoms with Crippen LogP contribution in [0.3, 0.4) is 0 Å². The van der Waals surface area contributed by atoms with Crippen molar-refractivity contribution < 1.29 is 68.0 Å². The van der Waals surface area contributed by atoms with Crippen LogP contribution in [0.15, 0.2) is 30.3 Å². The minimum Gasteiger partial charge on any atom is -0.455 e. The second-order valence-corrected chi connectivity index (χ2v) is 13.3. The fourth-order valence-electron chi connectivity index (χ4n) is 8.64. The van der Waals surface area contributed by atoms with Crippen molar-refractivity contribution >= 4 is 23.9 Å². The van der Waals surface area contributed by atoms with Crippen molar-refractivity contribution in [2.75, 3.05) is 6.61 Å². The van der Waals surface area contributed by atoms with E-state index in [1.54, 1.807) is 18.2 Å². The average Bonchev–Trinajstić information content (AvgIpc) is 3.12. The molecule has 1 saturated carbocycles. The Kier molecular flexibility index (Phi) is 6.30. The van der Waals surface area contributed by atoms with Crippen LogP contribution in [0.5, 0.6) is 0 Å². The molecule has 0 unspecified atom stereocenters. The Balaban J connectivity index is 1.72. The first kappa shape index (κ1) is 30.9. The molecule has 6 rings (SSSR count). The van der Waals surface area contributed by atoms with E-state index >= 15 is 0 Å². The molecule has 1 spiro atoms. The topological polar surface area (TPSA) is 205 Å². The summed E-state index contributed by atoms with van der Waals surface area (Å²) in [6.45, 7) is 6.70. The molecule has 44 heavy (non-hydrogen) atoms. The van der Waals surface area contributed by atoms with Gasteiger partial charge in [-0.1, -0.05) is 25.1 Å². The third-order valence-electron chi connectivity index (χ3n) is 10.7. The first-order valence-corrected chi connectivity index (χ1v) is 14.3. The monoisotopic (exact) mass is 620 g/mol. The third kappa shape index (κ3) is 3.25. The van der Waals surface area contributed by atoms with Gasteiger partial charge in [-0.3, -0.25) is 9.59 Å². The van der Waals surface area contributed by atoms with Crippen LogP contribution >= 0.6 is 0 Å². The largest absolute Gasteiger partial charge is 0.455 e. The standard InChI is InChI=1S/C30H36O14/c1-14(31)40-22-28(37)26(6,36)23(35)43-24(3,4)29(28)20(41-21(34)16-10-8-7-9-11-16)19-25(5,30(22,38)44-29)17(33)12-18-27(19,13-39-18)42-15(2)32/h7-11,17-20,22,33,36-38H,12-13H2,1-6H3/t17-,18+,19-,20-,22+,25+,26+,27-,28+,29+,30-/m0/s1. The van der Waals surface area contributed by atoms with Gasteiger partial charge in [-0.15, -0.1) is 0 Å². The van der Waals surface area contributed by atoms with Crippen molar-refractivity contribution in [2.24, 2.45) is 11.3 Å². The van der Waals surface area contributed by atoms with Gasteiger partial charge in [-0.25, -0.2) is 9.59 Å². The smallest absolute Gasteiger partial charge is 0.341 e. The normalized spacial score (nSPS) is 48.0. The van der Waals surface area contributed by atoms with Crippen molar-refractivity contribution in [1.82, 2.24) is 0 Å². The molecule has 4 N–H and O–H groups in total. The molecule has 240 valence electrons. The number of cyclic esters (lactones) is 1. The van der Waals surface area contributed by atoms with Crippen LogP contribution in [0.1, 0.15) is 58.3 Å². The number of carbonyl (C=O) groups is 4. The number of ether oxygens (including phenoxy) is 6. The first-order chi connectivity index (χ1) is 20.3. The summed E-state index contributed by atoms with van der Waals surface area (Å²) in [5, 5.41) is 49.2. The summed E-state index contributed by atoms with van der Waals surface area (Å²) < 4.78 is 35.5. The highest BCUT2D eigenvalue weighted by molar-refractivity contribution is 5.90. The minimum atomic E-state index is -3.10. The zero-order chi connectivity index (χ0) is 32.5. The molecular weight excluding hydrogens is 584 g/mol. The molecule has 11 atom stereocenters. The lowest BCUT2D eigenvalue weighted by Crippen LogP contribution is -2.89. The van der Waals surface area contributed by atoms with E-state index in [4.69, 9.17) is 28.4 Å². The van der Waals surface area contributed by atoms with Gasteiger partial charge in [0, 0.05) is 20.3 Å². The highest BCUT2D eigenvalue weighted by Gasteiger charge is 2.97. The number of rotatable bonds is 4. The van der Waals surface area contributed by atoms with Crippen molar-refractivity contribution in [3.63, 3.8) is 0 Å². The van der Waals surface area contributed by atoms with Crippen molar-refractivity contribution in [3.05, 3.63) is 35.9 Å². The second-order valence-electron chi connectivity index (χ2n) is 13.3. The van der Waals surface area contributed by atoms with Gasteiger partial charge in [0.15, 0.2) is 28.5 Å². The van der Waals surface area contributed by atoms with Crippen LogP contribution in [0.25, 0.3) is 0 Å². The number of aliphatic hydroxyl groups excluding tert-OH is 1. The van der Waals surface area contributed by atoms with Crippen LogP contribution in [0, 0.1) is 11.3 Å². The number of hydrogen-bond acceptors (Lipinski definition) is 14. The SMILES string of the molecule is CC(=O)O[C@@H]1[C@]2(O)[C@]3(O[C@]1(O)[C@@]1(C)[C@H]([C@@H]3OC(=O)c3ccccc3)[C@]3(OC(C)=O)CO[C@@H]3C[C@@H]1O)C(C)(C)OC(=O)[C@@]2(C)O. The Morgan fingerprint density at radius 2 is 1.59 bits per heavy atom. The van der Waals surface area contributed by atoms with E-state index in [2.05, 4.69) is 0 Å². The van der Waals surface area contributed by atoms with Crippen LogP contribution in [0.2, 0.25) is 0 Å². The Labute approximate surface area is 252 Å². The van der Waals surface area contributed by atoms with Crippen molar-refractivity contribution in [1.29, 1.82) is 0 Å². The van der Waals surface area contributed by atoms with Gasteiger partial charge in [-0.05, 0) is 32.9 Å². The van der Waals surface area contributed by atoms with Gasteiger partial charge in [0.05, 0.1) is 29.6 Å². The number of fused-ring (bicyclic) bond motifs is 5. The number of aliphatic hydroxyl groups is 4. The van der Waals surface area contributed by atoms with E-state index in [-0.39, 0.29) is 18.6 Å². The van der Waals surface area contributed by atoms with Crippen LogP contribution in [-0.4, -0.2) is 109 Å². The molecule has 1 aliphatic carbocycles. The maximum atomic E-state index is 13.9. The van der Waals surface area contributed by atoms with Crippen LogP contribution < -0.4 is 0 Å². The van der Waals surface area contributed by atoms with E-state index in [1.807, 2.05) is 0 Å². The predicted octanol–water partition coefficient (Wildman–Crippen LogP) is -0.480. The van der Waals surface area contributed by atoms with Gasteiger partial charge < -0.3 is 48.8 Å². The lowest BCUT2D eigenvalue weighted by atomic mass is 9.48. The number of esters is 4. The molecule has 4 heterocycles. The average molecular weight is 621 g/mol. The lowest BCUT2D eigenvalue weighted by molar-refractivity contribution is -0.455. The minimum absolute atomic E-state index is 0.0567. The zero-order valence-corrected chi connectivity index (χ0v) is 25.1. The van der Waals surface area contributed by atoms with Gasteiger partial charge >= 0.3 is 23.9 Å². The fourth-order valence-corrected chi connectivity index (χ4v) is 8.64. The Morgan fingerprint density at radius 1 is 0.955 bits per heavy atom. The number of benzene rings is 1. The highest BCUT2D eigenvalue weighted by Crippen LogP contribution is 2.75. The third-order valence-corrected chi connectivity index (χ3v) is 10.7. The van der Waals surface area contributed by atoms with E-state index in [0.717, 1.165) is 20.8 Å². The molecule has 4 saturated heterocycles.